The van der Waals surface area contributed by atoms with Gasteiger partial charge in [0.25, 0.3) is 5.91 Å². The van der Waals surface area contributed by atoms with Gasteiger partial charge < -0.3 is 20.1 Å². The minimum Gasteiger partial charge on any atom is -0.353 e. The third-order valence-electron chi connectivity index (χ3n) is 4.00. The van der Waals surface area contributed by atoms with Gasteiger partial charge in [0.2, 0.25) is 0 Å². The molecule has 0 saturated heterocycles. The van der Waals surface area contributed by atoms with E-state index in [9.17, 15) is 4.79 Å². The third-order valence-corrected chi connectivity index (χ3v) is 4.00. The van der Waals surface area contributed by atoms with Crippen molar-refractivity contribution in [3.05, 3.63) is 59.4 Å². The zero-order valence-corrected chi connectivity index (χ0v) is 15.4. The van der Waals surface area contributed by atoms with Crippen molar-refractivity contribution >= 4 is 11.9 Å². The molecular weight excluding hydrogens is 314 g/mol. The molecule has 0 aliphatic heterocycles. The summed E-state index contributed by atoms with van der Waals surface area (Å²) in [5, 5.41) is 6.17. The maximum atomic E-state index is 11.9. The maximum Gasteiger partial charge on any atom is 0.251 e. The lowest BCUT2D eigenvalue weighted by Gasteiger charge is -2.22. The van der Waals surface area contributed by atoms with Crippen molar-refractivity contribution in [3.63, 3.8) is 0 Å². The number of carbonyl (C=O) groups excluding carboxylic acids is 1. The Morgan fingerprint density at radius 2 is 2.04 bits per heavy atom. The molecule has 0 radical (unpaired) electrons. The van der Waals surface area contributed by atoms with E-state index in [0.29, 0.717) is 18.7 Å². The number of hydrogen-bond acceptors (Lipinski definition) is 2. The Morgan fingerprint density at radius 3 is 2.68 bits per heavy atom. The average Bonchev–Trinajstić information content (AvgIpc) is 3.01. The highest BCUT2D eigenvalue weighted by atomic mass is 16.1. The van der Waals surface area contributed by atoms with Gasteiger partial charge in [-0.2, -0.15) is 0 Å². The van der Waals surface area contributed by atoms with Crippen LogP contribution in [0.5, 0.6) is 0 Å². The van der Waals surface area contributed by atoms with E-state index >= 15 is 0 Å². The SMILES string of the molecule is CCNC(=O)c1cccc(CNC(=NC)N(C)Cc2cccn2C)c1. The molecule has 0 aliphatic carbocycles. The number of rotatable bonds is 6. The van der Waals surface area contributed by atoms with Gasteiger partial charge in [-0.15, -0.1) is 0 Å². The highest BCUT2D eigenvalue weighted by molar-refractivity contribution is 5.94. The zero-order valence-electron chi connectivity index (χ0n) is 15.4. The first kappa shape index (κ1) is 18.6. The van der Waals surface area contributed by atoms with Gasteiger partial charge in [0.15, 0.2) is 5.96 Å². The molecule has 2 N–H and O–H groups in total. The Balaban J connectivity index is 1.97. The quantitative estimate of drug-likeness (QED) is 0.624. The number of guanidine groups is 1. The van der Waals surface area contributed by atoms with Crippen LogP contribution in [0.15, 0.2) is 47.6 Å². The fraction of sp³-hybridized carbons (Fsp3) is 0.368. The molecule has 1 heterocycles. The lowest BCUT2D eigenvalue weighted by atomic mass is 10.1. The van der Waals surface area contributed by atoms with Crippen LogP contribution in [-0.2, 0) is 20.1 Å². The van der Waals surface area contributed by atoms with Crippen molar-refractivity contribution in [1.82, 2.24) is 20.1 Å². The second kappa shape index (κ2) is 8.92. The van der Waals surface area contributed by atoms with Gasteiger partial charge in [0.1, 0.15) is 0 Å². The van der Waals surface area contributed by atoms with Crippen LogP contribution < -0.4 is 10.6 Å². The molecule has 6 heteroatoms. The molecule has 134 valence electrons. The number of aliphatic imine (C=N–C) groups is 1. The molecule has 0 bridgehead atoms. The topological polar surface area (TPSA) is 61.7 Å². The zero-order chi connectivity index (χ0) is 18.2. The second-order valence-electron chi connectivity index (χ2n) is 5.93. The van der Waals surface area contributed by atoms with Crippen LogP contribution in [-0.4, -0.2) is 42.0 Å². The van der Waals surface area contributed by atoms with E-state index in [2.05, 4.69) is 31.2 Å². The monoisotopic (exact) mass is 341 g/mol. The standard InChI is InChI=1S/C19H27N5O/c1-5-21-18(25)16-9-6-8-15(12-16)13-22-19(20-2)24(4)14-17-10-7-11-23(17)3/h6-12H,5,13-14H2,1-4H3,(H,20,22)(H,21,25). The van der Waals surface area contributed by atoms with Gasteiger partial charge in [-0.25, -0.2) is 0 Å². The summed E-state index contributed by atoms with van der Waals surface area (Å²) in [5.74, 6) is 0.763. The molecule has 1 aromatic heterocycles. The normalized spacial score (nSPS) is 11.3. The van der Waals surface area contributed by atoms with E-state index in [1.54, 1.807) is 7.05 Å². The van der Waals surface area contributed by atoms with Gasteiger partial charge in [0, 0.05) is 51.7 Å². The predicted octanol–water partition coefficient (Wildman–Crippen LogP) is 1.98. The summed E-state index contributed by atoms with van der Waals surface area (Å²) in [7, 11) is 5.81. The molecule has 0 atom stereocenters. The van der Waals surface area contributed by atoms with Crippen LogP contribution in [0, 0.1) is 0 Å². The second-order valence-corrected chi connectivity index (χ2v) is 5.93. The van der Waals surface area contributed by atoms with Gasteiger partial charge in [0.05, 0.1) is 6.54 Å². The lowest BCUT2D eigenvalue weighted by Crippen LogP contribution is -2.38. The lowest BCUT2D eigenvalue weighted by molar-refractivity contribution is 0.0955. The number of benzene rings is 1. The van der Waals surface area contributed by atoms with E-state index in [-0.39, 0.29) is 5.91 Å². The molecule has 0 saturated carbocycles. The Labute approximate surface area is 149 Å². The third kappa shape index (κ3) is 5.11. The van der Waals surface area contributed by atoms with E-state index in [0.717, 1.165) is 18.1 Å². The van der Waals surface area contributed by atoms with Crippen LogP contribution in [0.25, 0.3) is 0 Å². The highest BCUT2D eigenvalue weighted by Gasteiger charge is 2.09. The molecular formula is C19H27N5O. The summed E-state index contributed by atoms with van der Waals surface area (Å²) in [5.41, 5.74) is 2.93. The summed E-state index contributed by atoms with van der Waals surface area (Å²) in [6, 6.07) is 11.8. The van der Waals surface area contributed by atoms with E-state index in [1.807, 2.05) is 57.5 Å². The molecule has 0 aliphatic rings. The molecule has 0 spiro atoms. The van der Waals surface area contributed by atoms with E-state index in [1.165, 1.54) is 5.69 Å². The molecule has 25 heavy (non-hydrogen) atoms. The first-order valence-corrected chi connectivity index (χ1v) is 8.44. The summed E-state index contributed by atoms with van der Waals surface area (Å²) in [6.45, 7) is 3.91. The van der Waals surface area contributed by atoms with Gasteiger partial charge >= 0.3 is 0 Å². The van der Waals surface area contributed by atoms with Crippen LogP contribution in [0.2, 0.25) is 0 Å². The number of nitrogens with zero attached hydrogens (tertiary/aromatic N) is 3. The first-order valence-electron chi connectivity index (χ1n) is 8.44. The van der Waals surface area contributed by atoms with Crippen LogP contribution in [0.4, 0.5) is 0 Å². The Bertz CT molecular complexity index is 735. The molecule has 2 rings (SSSR count). The molecule has 1 amide bonds. The molecule has 2 aromatic rings. The van der Waals surface area contributed by atoms with Crippen molar-refractivity contribution in [3.8, 4) is 0 Å². The summed E-state index contributed by atoms with van der Waals surface area (Å²) < 4.78 is 2.10. The largest absolute Gasteiger partial charge is 0.353 e. The average molecular weight is 341 g/mol. The summed E-state index contributed by atoms with van der Waals surface area (Å²) in [6.07, 6.45) is 2.03. The number of aromatic nitrogens is 1. The Kier molecular flexibility index (Phi) is 6.62. The summed E-state index contributed by atoms with van der Waals surface area (Å²) in [4.78, 5) is 18.4. The van der Waals surface area contributed by atoms with Crippen LogP contribution >= 0.6 is 0 Å². The molecule has 1 aromatic carbocycles. The number of carbonyl (C=O) groups is 1. The van der Waals surface area contributed by atoms with Crippen LogP contribution in [0.1, 0.15) is 28.5 Å². The van der Waals surface area contributed by atoms with Gasteiger partial charge in [-0.3, -0.25) is 9.79 Å². The molecule has 0 unspecified atom stereocenters. The minimum absolute atomic E-state index is 0.0467. The molecule has 6 nitrogen and oxygen atoms in total. The van der Waals surface area contributed by atoms with Crippen LogP contribution in [0.3, 0.4) is 0 Å². The van der Waals surface area contributed by atoms with Gasteiger partial charge in [-0.1, -0.05) is 12.1 Å². The van der Waals surface area contributed by atoms with Crippen molar-refractivity contribution in [2.24, 2.45) is 12.0 Å². The Morgan fingerprint density at radius 1 is 1.24 bits per heavy atom. The van der Waals surface area contributed by atoms with E-state index < -0.39 is 0 Å². The van der Waals surface area contributed by atoms with E-state index in [4.69, 9.17) is 0 Å². The fourth-order valence-electron chi connectivity index (χ4n) is 2.63. The highest BCUT2D eigenvalue weighted by Crippen LogP contribution is 2.07. The molecule has 0 fully saturated rings. The van der Waals surface area contributed by atoms with Crippen molar-refractivity contribution in [2.75, 3.05) is 20.6 Å². The number of hydrogen-bond donors (Lipinski definition) is 2. The van der Waals surface area contributed by atoms with Crippen molar-refractivity contribution in [2.45, 2.75) is 20.0 Å². The predicted molar refractivity (Wildman–Crippen MR) is 102 cm³/mol. The summed E-state index contributed by atoms with van der Waals surface area (Å²) >= 11 is 0. The number of amides is 1. The maximum absolute atomic E-state index is 11.9. The fourth-order valence-corrected chi connectivity index (χ4v) is 2.63. The smallest absolute Gasteiger partial charge is 0.251 e. The minimum atomic E-state index is -0.0467. The Hall–Kier alpha value is -2.76. The number of aryl methyl sites for hydroxylation is 1. The van der Waals surface area contributed by atoms with Gasteiger partial charge in [-0.05, 0) is 36.8 Å². The van der Waals surface area contributed by atoms with Crippen molar-refractivity contribution in [1.29, 1.82) is 0 Å². The van der Waals surface area contributed by atoms with Crippen molar-refractivity contribution < 1.29 is 4.79 Å². The number of nitrogens with one attached hydrogen (secondary N) is 2. The first-order chi connectivity index (χ1) is 12.0.